The Morgan fingerprint density at radius 1 is 1.14 bits per heavy atom. The van der Waals surface area contributed by atoms with E-state index in [2.05, 4.69) is 10.0 Å². The van der Waals surface area contributed by atoms with Crippen LogP contribution in [0.1, 0.15) is 19.4 Å². The third-order valence-electron chi connectivity index (χ3n) is 7.35. The third-order valence-corrected chi connectivity index (χ3v) is 10.1. The number of likely N-dealkylation sites (N-methyl/N-ethyl adjacent to an activating group) is 1. The molecule has 0 radical (unpaired) electrons. The second kappa shape index (κ2) is 12.7. The maximum Gasteiger partial charge on any atom is 0.321 e. The van der Waals surface area contributed by atoms with Gasteiger partial charge in [-0.15, -0.1) is 11.3 Å². The molecule has 0 bridgehead atoms. The molecule has 2 aromatic carbocycles. The number of anilines is 2. The van der Waals surface area contributed by atoms with Crippen LogP contribution < -0.4 is 24.2 Å². The number of rotatable bonds is 8. The molecule has 3 N–H and O–H groups in total. The maximum atomic E-state index is 13.5. The first-order valence-corrected chi connectivity index (χ1v) is 16.1. The second-order valence-electron chi connectivity index (χ2n) is 10.6. The van der Waals surface area contributed by atoms with Gasteiger partial charge in [-0.25, -0.2) is 13.2 Å². The number of nitrogens with zero attached hydrogens (tertiary/aromatic N) is 2. The Morgan fingerprint density at radius 2 is 1.88 bits per heavy atom. The van der Waals surface area contributed by atoms with E-state index < -0.39 is 22.2 Å². The molecule has 3 aromatic rings. The van der Waals surface area contributed by atoms with Crippen molar-refractivity contribution in [1.29, 1.82) is 0 Å². The maximum absolute atomic E-state index is 13.5. The molecule has 5 rings (SSSR count). The molecule has 43 heavy (non-hydrogen) atoms. The van der Waals surface area contributed by atoms with Gasteiger partial charge in [0.2, 0.25) is 12.7 Å². The van der Waals surface area contributed by atoms with Crippen molar-refractivity contribution in [2.75, 3.05) is 43.6 Å². The Labute approximate surface area is 254 Å². The topological polar surface area (TPSA) is 147 Å². The molecule has 14 heteroatoms. The zero-order valence-electron chi connectivity index (χ0n) is 24.0. The van der Waals surface area contributed by atoms with Crippen LogP contribution >= 0.6 is 11.3 Å². The van der Waals surface area contributed by atoms with Gasteiger partial charge in [-0.2, -0.15) is 0 Å². The predicted molar refractivity (Wildman–Crippen MR) is 161 cm³/mol. The lowest BCUT2D eigenvalue weighted by atomic mass is 10.0. The van der Waals surface area contributed by atoms with Gasteiger partial charge in [0, 0.05) is 42.5 Å². The first-order valence-electron chi connectivity index (χ1n) is 13.7. The highest BCUT2D eigenvalue weighted by Crippen LogP contribution is 2.34. The first kappa shape index (κ1) is 30.4. The molecule has 0 aliphatic carbocycles. The molecule has 0 unspecified atom stereocenters. The minimum atomic E-state index is -3.80. The van der Waals surface area contributed by atoms with Crippen LogP contribution in [0, 0.1) is 5.92 Å². The summed E-state index contributed by atoms with van der Waals surface area (Å²) in [4.78, 5) is 29.7. The largest absolute Gasteiger partial charge is 0.488 e. The van der Waals surface area contributed by atoms with Gasteiger partial charge in [0.15, 0.2) is 11.5 Å². The minimum Gasteiger partial charge on any atom is -0.488 e. The van der Waals surface area contributed by atoms with Crippen LogP contribution in [0.15, 0.2) is 58.1 Å². The van der Waals surface area contributed by atoms with E-state index >= 15 is 0 Å². The SMILES string of the molecule is C[C@H](CO)N1C[C@H](C)[C@H](CN(C)C(=O)Nc2ccc3c(c2)OCO3)Oc2ccc(NS(=O)(=O)c3cccs3)cc2CC1=O. The Morgan fingerprint density at radius 3 is 2.63 bits per heavy atom. The fourth-order valence-electron chi connectivity index (χ4n) is 4.88. The van der Waals surface area contributed by atoms with Gasteiger partial charge < -0.3 is 34.4 Å². The van der Waals surface area contributed by atoms with Crippen LogP contribution in [0.5, 0.6) is 17.2 Å². The number of benzene rings is 2. The summed E-state index contributed by atoms with van der Waals surface area (Å²) in [6.07, 6.45) is -0.604. The second-order valence-corrected chi connectivity index (χ2v) is 13.5. The Balaban J connectivity index is 1.38. The minimum absolute atomic E-state index is 0.0614. The van der Waals surface area contributed by atoms with Gasteiger partial charge in [-0.3, -0.25) is 9.52 Å². The number of aliphatic hydroxyl groups is 1. The number of carbonyl (C=O) groups is 2. The smallest absolute Gasteiger partial charge is 0.321 e. The summed E-state index contributed by atoms with van der Waals surface area (Å²) in [5.41, 5.74) is 1.31. The molecule has 2 aliphatic heterocycles. The van der Waals surface area contributed by atoms with Crippen molar-refractivity contribution in [2.24, 2.45) is 5.92 Å². The fraction of sp³-hybridized carbons (Fsp3) is 0.379. The molecule has 0 saturated carbocycles. The molecular formula is C29H34N4O8S2. The number of hydrogen-bond donors (Lipinski definition) is 3. The van der Waals surface area contributed by atoms with Crippen molar-refractivity contribution in [3.05, 3.63) is 59.5 Å². The summed E-state index contributed by atoms with van der Waals surface area (Å²) in [6.45, 7) is 4.05. The summed E-state index contributed by atoms with van der Waals surface area (Å²) in [7, 11) is -2.16. The van der Waals surface area contributed by atoms with E-state index in [0.717, 1.165) is 11.3 Å². The van der Waals surface area contributed by atoms with Crippen molar-refractivity contribution in [3.63, 3.8) is 0 Å². The summed E-state index contributed by atoms with van der Waals surface area (Å²) in [6, 6.07) is 12.3. The molecule has 1 aromatic heterocycles. The van der Waals surface area contributed by atoms with E-state index in [1.807, 2.05) is 6.92 Å². The Hall–Kier alpha value is -4.01. The van der Waals surface area contributed by atoms with Gasteiger partial charge in [-0.05, 0) is 48.7 Å². The van der Waals surface area contributed by atoms with Crippen molar-refractivity contribution in [3.8, 4) is 17.2 Å². The third kappa shape index (κ3) is 6.98. The van der Waals surface area contributed by atoms with Crippen LogP contribution in [0.2, 0.25) is 0 Å². The van der Waals surface area contributed by atoms with Gasteiger partial charge in [0.25, 0.3) is 10.0 Å². The van der Waals surface area contributed by atoms with Crippen molar-refractivity contribution >= 4 is 44.7 Å². The van der Waals surface area contributed by atoms with Crippen LogP contribution in [-0.4, -0.2) is 80.9 Å². The summed E-state index contributed by atoms with van der Waals surface area (Å²) in [5.74, 6) is 1.10. The molecule has 3 heterocycles. The summed E-state index contributed by atoms with van der Waals surface area (Å²) < 4.78 is 45.6. The van der Waals surface area contributed by atoms with Gasteiger partial charge in [0.05, 0.1) is 25.6 Å². The standard InChI is InChI=1S/C29H34N4O8S2/c1-18-14-33(19(2)16-34)27(35)12-20-11-22(31-43(37,38)28-5-4-10-42-28)7-8-23(20)41-26(18)15-32(3)29(36)30-21-6-9-24-25(13-21)40-17-39-24/h4-11,13,18-19,26,31,34H,12,14-17H2,1-3H3,(H,30,36)/t18-,19+,26-/m0/s1. The van der Waals surface area contributed by atoms with Gasteiger partial charge in [-0.1, -0.05) is 13.0 Å². The quantitative estimate of drug-likeness (QED) is 0.342. The number of hydrogen-bond acceptors (Lipinski definition) is 9. The molecule has 12 nitrogen and oxygen atoms in total. The van der Waals surface area contributed by atoms with Crippen molar-refractivity contribution in [1.82, 2.24) is 9.80 Å². The monoisotopic (exact) mass is 630 g/mol. The number of fused-ring (bicyclic) bond motifs is 2. The Bertz CT molecular complexity index is 1580. The highest BCUT2D eigenvalue weighted by atomic mass is 32.2. The number of nitrogens with one attached hydrogen (secondary N) is 2. The van der Waals surface area contributed by atoms with E-state index in [-0.39, 0.29) is 60.7 Å². The van der Waals surface area contributed by atoms with Crippen LogP contribution in [0.3, 0.4) is 0 Å². The molecule has 0 fully saturated rings. The zero-order chi connectivity index (χ0) is 30.7. The molecule has 3 atom stereocenters. The van der Waals surface area contributed by atoms with Crippen LogP contribution in [0.25, 0.3) is 0 Å². The van der Waals surface area contributed by atoms with Crippen molar-refractivity contribution in [2.45, 2.75) is 36.6 Å². The molecular weight excluding hydrogens is 596 g/mol. The molecule has 2 aliphatic rings. The number of ether oxygens (including phenoxy) is 3. The number of aliphatic hydroxyl groups excluding tert-OH is 1. The zero-order valence-corrected chi connectivity index (χ0v) is 25.6. The van der Waals surface area contributed by atoms with Crippen LogP contribution in [-0.2, 0) is 21.2 Å². The number of carbonyl (C=O) groups excluding carboxylic acids is 2. The fourth-order valence-corrected chi connectivity index (χ4v) is 6.92. The lowest BCUT2D eigenvalue weighted by Gasteiger charge is -2.34. The number of urea groups is 1. The number of thiophene rings is 1. The highest BCUT2D eigenvalue weighted by molar-refractivity contribution is 7.94. The number of amides is 3. The van der Waals surface area contributed by atoms with E-state index in [0.29, 0.717) is 28.5 Å². The molecule has 230 valence electrons. The van der Waals surface area contributed by atoms with E-state index in [1.54, 1.807) is 66.7 Å². The molecule has 3 amide bonds. The predicted octanol–water partition coefficient (Wildman–Crippen LogP) is 3.59. The average molecular weight is 631 g/mol. The van der Waals surface area contributed by atoms with E-state index in [1.165, 1.54) is 11.0 Å². The van der Waals surface area contributed by atoms with E-state index in [9.17, 15) is 23.1 Å². The van der Waals surface area contributed by atoms with Gasteiger partial charge in [0.1, 0.15) is 16.1 Å². The van der Waals surface area contributed by atoms with Crippen molar-refractivity contribution < 1.29 is 37.3 Å². The van der Waals surface area contributed by atoms with Crippen LogP contribution in [0.4, 0.5) is 16.2 Å². The number of sulfonamides is 1. The summed E-state index contributed by atoms with van der Waals surface area (Å²) in [5, 5.41) is 14.4. The van der Waals surface area contributed by atoms with E-state index in [4.69, 9.17) is 14.2 Å². The lowest BCUT2D eigenvalue weighted by Crippen LogP contribution is -2.48. The normalized spacial score (nSPS) is 18.9. The lowest BCUT2D eigenvalue weighted by molar-refractivity contribution is -0.134. The first-order chi connectivity index (χ1) is 20.5. The van der Waals surface area contributed by atoms with Gasteiger partial charge >= 0.3 is 6.03 Å². The Kier molecular flexibility index (Phi) is 8.99. The molecule has 0 spiro atoms. The average Bonchev–Trinajstić information content (AvgIpc) is 3.69. The summed E-state index contributed by atoms with van der Waals surface area (Å²) >= 11 is 1.10. The highest BCUT2D eigenvalue weighted by Gasteiger charge is 2.32. The molecule has 0 saturated heterocycles.